The van der Waals surface area contributed by atoms with E-state index in [4.69, 9.17) is 9.47 Å². The molecule has 0 saturated heterocycles. The predicted octanol–water partition coefficient (Wildman–Crippen LogP) is 3.02. The molecule has 3 rings (SSSR count). The third-order valence-corrected chi connectivity index (χ3v) is 8.54. The van der Waals surface area contributed by atoms with Gasteiger partial charge in [0.25, 0.3) is 11.8 Å². The Balaban J connectivity index is 1.99. The van der Waals surface area contributed by atoms with Crippen LogP contribution in [0.2, 0.25) is 0 Å². The van der Waals surface area contributed by atoms with E-state index in [2.05, 4.69) is 10.3 Å². The molecule has 226 valence electrons. The summed E-state index contributed by atoms with van der Waals surface area (Å²) in [6.07, 6.45) is 5.83. The van der Waals surface area contributed by atoms with Crippen LogP contribution in [0.4, 0.5) is 5.69 Å². The second-order valence-electron chi connectivity index (χ2n) is 10.7. The monoisotopic (exact) mass is 590 g/mol. The molecular formula is C29H42N4O7S. The number of carbonyl (C=O) groups is 2. The molecule has 0 fully saturated rings. The van der Waals surface area contributed by atoms with E-state index in [1.807, 2.05) is 13.8 Å². The van der Waals surface area contributed by atoms with Gasteiger partial charge < -0.3 is 24.8 Å². The highest BCUT2D eigenvalue weighted by molar-refractivity contribution is 7.88. The van der Waals surface area contributed by atoms with Gasteiger partial charge in [0.2, 0.25) is 10.0 Å². The van der Waals surface area contributed by atoms with E-state index in [1.165, 1.54) is 23.7 Å². The summed E-state index contributed by atoms with van der Waals surface area (Å²) in [6, 6.07) is 7.59. The number of likely N-dealkylation sites (N-methyl/N-ethyl adjacent to an activating group) is 1. The Morgan fingerprint density at radius 2 is 1.93 bits per heavy atom. The summed E-state index contributed by atoms with van der Waals surface area (Å²) in [5.74, 6) is -0.612. The molecule has 2 aromatic rings. The lowest BCUT2D eigenvalue weighted by atomic mass is 10.0. The third-order valence-electron chi connectivity index (χ3n) is 7.26. The second kappa shape index (κ2) is 14.7. The first-order valence-electron chi connectivity index (χ1n) is 13.9. The van der Waals surface area contributed by atoms with Crippen LogP contribution in [-0.4, -0.2) is 97.4 Å². The van der Waals surface area contributed by atoms with Gasteiger partial charge in [0.05, 0.1) is 36.7 Å². The highest BCUT2D eigenvalue weighted by Crippen LogP contribution is 2.29. The zero-order valence-electron chi connectivity index (χ0n) is 24.4. The number of nitrogens with one attached hydrogen (secondary N) is 1. The van der Waals surface area contributed by atoms with Gasteiger partial charge >= 0.3 is 0 Å². The van der Waals surface area contributed by atoms with E-state index in [0.717, 1.165) is 25.5 Å². The fourth-order valence-electron chi connectivity index (χ4n) is 4.56. The van der Waals surface area contributed by atoms with Crippen molar-refractivity contribution in [2.24, 2.45) is 5.92 Å². The molecule has 0 radical (unpaired) electrons. The van der Waals surface area contributed by atoms with Gasteiger partial charge in [-0.1, -0.05) is 6.92 Å². The minimum atomic E-state index is -3.44. The van der Waals surface area contributed by atoms with Crippen LogP contribution >= 0.6 is 0 Å². The van der Waals surface area contributed by atoms with Crippen LogP contribution in [0.3, 0.4) is 0 Å². The molecule has 41 heavy (non-hydrogen) atoms. The number of hydrogen-bond donors (Lipinski definition) is 2. The molecular weight excluding hydrogens is 548 g/mol. The predicted molar refractivity (Wildman–Crippen MR) is 157 cm³/mol. The van der Waals surface area contributed by atoms with Crippen LogP contribution in [-0.2, 0) is 14.8 Å². The number of aliphatic hydroxyl groups excluding tert-OH is 1. The van der Waals surface area contributed by atoms with Gasteiger partial charge in [0.1, 0.15) is 5.75 Å². The average Bonchev–Trinajstić information content (AvgIpc) is 2.94. The number of carbonyl (C=O) groups excluding carboxylic acids is 2. The molecule has 2 amide bonds. The van der Waals surface area contributed by atoms with Crippen LogP contribution in [0.5, 0.6) is 5.75 Å². The van der Waals surface area contributed by atoms with E-state index < -0.39 is 22.2 Å². The Kier molecular flexibility index (Phi) is 11.6. The molecule has 0 aliphatic carbocycles. The summed E-state index contributed by atoms with van der Waals surface area (Å²) < 4.78 is 37.9. The van der Waals surface area contributed by atoms with Crippen molar-refractivity contribution in [3.63, 3.8) is 0 Å². The zero-order chi connectivity index (χ0) is 30.2. The molecule has 4 atom stereocenters. The molecule has 1 aromatic heterocycles. The first kappa shape index (κ1) is 32.5. The van der Waals surface area contributed by atoms with E-state index in [9.17, 15) is 23.1 Å². The summed E-state index contributed by atoms with van der Waals surface area (Å²) in [4.78, 5) is 32.4. The number of ether oxygens (including phenoxy) is 2. The number of nitrogens with zero attached hydrogens (tertiary/aromatic N) is 3. The number of sulfonamides is 1. The fourth-order valence-corrected chi connectivity index (χ4v) is 4.98. The number of fused-ring (bicyclic) bond motifs is 1. The van der Waals surface area contributed by atoms with Crippen LogP contribution < -0.4 is 10.1 Å². The molecule has 0 spiro atoms. The van der Waals surface area contributed by atoms with Crippen molar-refractivity contribution >= 4 is 27.5 Å². The second-order valence-corrected chi connectivity index (χ2v) is 12.8. The standard InChI is InChI=1S/C29H42N4O7S/c1-20-17-33(21(2)19-34)29(36)25-16-24(31-28(35)23-11-13-30-14-12-23)9-10-26(25)40-22(3)8-6-7-15-39-27(20)18-32(4)41(5,37)38/h9-14,16,20-22,27,34H,6-8,15,17-19H2,1-5H3,(H,31,35)/t20-,21+,22+,27+/m1/s1. The zero-order valence-corrected chi connectivity index (χ0v) is 25.3. The van der Waals surface area contributed by atoms with Gasteiger partial charge in [0, 0.05) is 56.3 Å². The number of aliphatic hydroxyl groups is 1. The van der Waals surface area contributed by atoms with Crippen molar-refractivity contribution in [1.29, 1.82) is 0 Å². The average molecular weight is 591 g/mol. The van der Waals surface area contributed by atoms with Gasteiger partial charge in [-0.05, 0) is 63.4 Å². The van der Waals surface area contributed by atoms with E-state index >= 15 is 0 Å². The minimum Gasteiger partial charge on any atom is -0.490 e. The fraction of sp³-hybridized carbons (Fsp3) is 0.552. The van der Waals surface area contributed by atoms with Crippen LogP contribution in [0.25, 0.3) is 0 Å². The summed E-state index contributed by atoms with van der Waals surface area (Å²) in [5, 5.41) is 12.9. The Morgan fingerprint density at radius 1 is 1.22 bits per heavy atom. The first-order chi connectivity index (χ1) is 19.4. The summed E-state index contributed by atoms with van der Waals surface area (Å²) >= 11 is 0. The van der Waals surface area contributed by atoms with E-state index in [1.54, 1.807) is 42.2 Å². The Morgan fingerprint density at radius 3 is 2.59 bits per heavy atom. The molecule has 1 aliphatic rings. The SMILES string of the molecule is C[C@@H]1CN([C@@H](C)CO)C(=O)c2cc(NC(=O)c3ccncc3)ccc2O[C@@H](C)CCCCO[C@H]1CN(C)S(C)(=O)=O. The number of hydrogen-bond acceptors (Lipinski definition) is 8. The molecule has 2 heterocycles. The maximum atomic E-state index is 14.1. The van der Waals surface area contributed by atoms with Gasteiger partial charge in [0.15, 0.2) is 0 Å². The number of amides is 2. The highest BCUT2D eigenvalue weighted by Gasteiger charge is 2.31. The maximum absolute atomic E-state index is 14.1. The number of anilines is 1. The first-order valence-corrected chi connectivity index (χ1v) is 15.7. The van der Waals surface area contributed by atoms with E-state index in [-0.39, 0.29) is 49.1 Å². The molecule has 0 unspecified atom stereocenters. The quantitative estimate of drug-likeness (QED) is 0.502. The van der Waals surface area contributed by atoms with Crippen molar-refractivity contribution in [3.05, 3.63) is 53.9 Å². The topological polar surface area (TPSA) is 138 Å². The molecule has 0 saturated carbocycles. The van der Waals surface area contributed by atoms with Crippen LogP contribution in [0, 0.1) is 5.92 Å². The van der Waals surface area contributed by atoms with Gasteiger partial charge in [-0.25, -0.2) is 12.7 Å². The number of rotatable bonds is 7. The molecule has 0 bridgehead atoms. The number of aromatic nitrogens is 1. The molecule has 11 nitrogen and oxygen atoms in total. The van der Waals surface area contributed by atoms with Gasteiger partial charge in [-0.2, -0.15) is 0 Å². The van der Waals surface area contributed by atoms with Crippen LogP contribution in [0.15, 0.2) is 42.7 Å². The van der Waals surface area contributed by atoms with Crippen molar-refractivity contribution < 1.29 is 32.6 Å². The normalized spacial score (nSPS) is 21.9. The van der Waals surface area contributed by atoms with Crippen molar-refractivity contribution in [3.8, 4) is 5.75 Å². The third kappa shape index (κ3) is 9.22. The van der Waals surface area contributed by atoms with Crippen molar-refractivity contribution in [1.82, 2.24) is 14.2 Å². The largest absolute Gasteiger partial charge is 0.490 e. The van der Waals surface area contributed by atoms with Gasteiger partial charge in [-0.3, -0.25) is 14.6 Å². The van der Waals surface area contributed by atoms with Crippen molar-refractivity contribution in [2.75, 3.05) is 44.9 Å². The summed E-state index contributed by atoms with van der Waals surface area (Å²) in [7, 11) is -1.93. The Labute approximate surface area is 242 Å². The van der Waals surface area contributed by atoms with E-state index in [0.29, 0.717) is 23.6 Å². The Hall–Kier alpha value is -3.06. The van der Waals surface area contributed by atoms with Crippen molar-refractivity contribution in [2.45, 2.75) is 58.3 Å². The smallest absolute Gasteiger partial charge is 0.258 e. The lowest BCUT2D eigenvalue weighted by Gasteiger charge is -2.35. The summed E-state index contributed by atoms with van der Waals surface area (Å²) in [6.45, 7) is 6.08. The van der Waals surface area contributed by atoms with Gasteiger partial charge in [-0.15, -0.1) is 0 Å². The minimum absolute atomic E-state index is 0.136. The van der Waals surface area contributed by atoms with Crippen LogP contribution in [0.1, 0.15) is 60.7 Å². The maximum Gasteiger partial charge on any atom is 0.258 e. The lowest BCUT2D eigenvalue weighted by Crippen LogP contribution is -2.47. The lowest BCUT2D eigenvalue weighted by molar-refractivity contribution is -0.00828. The molecule has 1 aliphatic heterocycles. The summed E-state index contributed by atoms with van der Waals surface area (Å²) in [5.41, 5.74) is 1.09. The number of pyridine rings is 1. The highest BCUT2D eigenvalue weighted by atomic mass is 32.2. The Bertz CT molecular complexity index is 1280. The molecule has 1 aromatic carbocycles. The number of benzene rings is 1. The molecule has 12 heteroatoms. The molecule has 2 N–H and O–H groups in total.